The largest absolute Gasteiger partial charge is 0.497 e. The van der Waals surface area contributed by atoms with Gasteiger partial charge in [0, 0.05) is 13.6 Å². The summed E-state index contributed by atoms with van der Waals surface area (Å²) in [7, 11) is 3.25. The van der Waals surface area contributed by atoms with Gasteiger partial charge in [-0.05, 0) is 30.5 Å². The molecule has 2 fully saturated rings. The summed E-state index contributed by atoms with van der Waals surface area (Å²) in [6.45, 7) is 0.151. The van der Waals surface area contributed by atoms with Gasteiger partial charge >= 0.3 is 6.03 Å². The Morgan fingerprint density at radius 1 is 1.27 bits per heavy atom. The first-order chi connectivity index (χ1) is 12.4. The molecule has 2 aliphatic rings. The van der Waals surface area contributed by atoms with E-state index in [-0.39, 0.29) is 18.4 Å². The molecule has 7 nitrogen and oxygen atoms in total. The van der Waals surface area contributed by atoms with Gasteiger partial charge in [-0.25, -0.2) is 4.79 Å². The number of methoxy groups -OCH3 is 1. The molecule has 0 aromatic heterocycles. The van der Waals surface area contributed by atoms with Crippen molar-refractivity contribution in [2.24, 2.45) is 0 Å². The molecule has 1 spiro atoms. The molecule has 1 aliphatic heterocycles. The van der Waals surface area contributed by atoms with Crippen LogP contribution in [0.3, 0.4) is 0 Å². The number of carbonyl (C=O) groups is 3. The maximum atomic E-state index is 12.7. The Bertz CT molecular complexity index is 712. The third kappa shape index (κ3) is 3.52. The van der Waals surface area contributed by atoms with Crippen LogP contribution in [0.4, 0.5) is 4.79 Å². The molecule has 4 amide bonds. The van der Waals surface area contributed by atoms with E-state index >= 15 is 0 Å². The van der Waals surface area contributed by atoms with Crippen LogP contribution < -0.4 is 10.1 Å². The molecule has 1 aliphatic carbocycles. The number of nitrogens with zero attached hydrogens (tertiary/aromatic N) is 2. The predicted molar refractivity (Wildman–Crippen MR) is 95.5 cm³/mol. The summed E-state index contributed by atoms with van der Waals surface area (Å²) in [5, 5.41) is 2.83. The third-order valence-electron chi connectivity index (χ3n) is 5.23. The summed E-state index contributed by atoms with van der Waals surface area (Å²) in [6.07, 6.45) is 4.23. The van der Waals surface area contributed by atoms with Crippen molar-refractivity contribution < 1.29 is 19.1 Å². The highest BCUT2D eigenvalue weighted by atomic mass is 16.5. The molecule has 1 aromatic rings. The van der Waals surface area contributed by atoms with Crippen LogP contribution in [0.15, 0.2) is 24.3 Å². The molecule has 26 heavy (non-hydrogen) atoms. The first-order valence-electron chi connectivity index (χ1n) is 8.96. The molecular weight excluding hydrogens is 334 g/mol. The molecule has 1 N–H and O–H groups in total. The Balaban J connectivity index is 1.63. The highest BCUT2D eigenvalue weighted by Gasteiger charge is 2.51. The number of likely N-dealkylation sites (N-methyl/N-ethyl adjacent to an activating group) is 1. The van der Waals surface area contributed by atoms with Crippen LogP contribution in [-0.4, -0.2) is 53.9 Å². The van der Waals surface area contributed by atoms with Crippen LogP contribution in [-0.2, 0) is 16.1 Å². The van der Waals surface area contributed by atoms with E-state index in [0.717, 1.165) is 35.5 Å². The summed E-state index contributed by atoms with van der Waals surface area (Å²) >= 11 is 0. The lowest BCUT2D eigenvalue weighted by molar-refractivity contribution is -0.139. The Morgan fingerprint density at radius 2 is 2.00 bits per heavy atom. The lowest BCUT2D eigenvalue weighted by atomic mass is 9.82. The number of ether oxygens (including phenoxy) is 1. The van der Waals surface area contributed by atoms with E-state index in [1.165, 1.54) is 4.90 Å². The minimum Gasteiger partial charge on any atom is -0.497 e. The van der Waals surface area contributed by atoms with Crippen molar-refractivity contribution in [1.29, 1.82) is 0 Å². The summed E-state index contributed by atoms with van der Waals surface area (Å²) in [5.74, 6) is 0.186. The van der Waals surface area contributed by atoms with Crippen molar-refractivity contribution in [2.75, 3.05) is 20.7 Å². The number of nitrogens with one attached hydrogen (secondary N) is 1. The molecule has 0 unspecified atom stereocenters. The second kappa shape index (κ2) is 7.35. The maximum Gasteiger partial charge on any atom is 0.325 e. The number of hydrogen-bond acceptors (Lipinski definition) is 4. The van der Waals surface area contributed by atoms with E-state index in [1.54, 1.807) is 14.2 Å². The van der Waals surface area contributed by atoms with Gasteiger partial charge in [-0.15, -0.1) is 0 Å². The topological polar surface area (TPSA) is 79.0 Å². The van der Waals surface area contributed by atoms with Gasteiger partial charge in [0.25, 0.3) is 5.91 Å². The van der Waals surface area contributed by atoms with Crippen LogP contribution in [0, 0.1) is 0 Å². The van der Waals surface area contributed by atoms with Gasteiger partial charge in [-0.2, -0.15) is 0 Å². The van der Waals surface area contributed by atoms with Gasteiger partial charge in [-0.1, -0.05) is 31.4 Å². The molecule has 0 bridgehead atoms. The summed E-state index contributed by atoms with van der Waals surface area (Å²) in [5.41, 5.74) is 0.127. The second-order valence-corrected chi connectivity index (χ2v) is 7.07. The Morgan fingerprint density at radius 3 is 2.69 bits per heavy atom. The van der Waals surface area contributed by atoms with Gasteiger partial charge in [0.2, 0.25) is 5.91 Å². The van der Waals surface area contributed by atoms with Gasteiger partial charge in [-0.3, -0.25) is 14.5 Å². The van der Waals surface area contributed by atoms with Crippen LogP contribution in [0.2, 0.25) is 0 Å². The van der Waals surface area contributed by atoms with E-state index in [2.05, 4.69) is 5.32 Å². The highest BCUT2D eigenvalue weighted by molar-refractivity contribution is 6.09. The van der Waals surface area contributed by atoms with E-state index in [1.807, 2.05) is 24.3 Å². The van der Waals surface area contributed by atoms with E-state index < -0.39 is 11.6 Å². The number of carbonyl (C=O) groups excluding carboxylic acids is 3. The van der Waals surface area contributed by atoms with Crippen molar-refractivity contribution >= 4 is 17.8 Å². The van der Waals surface area contributed by atoms with Crippen molar-refractivity contribution in [3.63, 3.8) is 0 Å². The zero-order chi connectivity index (χ0) is 18.7. The maximum absolute atomic E-state index is 12.7. The molecular formula is C19H25N3O4. The molecule has 140 valence electrons. The molecule has 0 atom stereocenters. The smallest absolute Gasteiger partial charge is 0.325 e. The Labute approximate surface area is 153 Å². The molecule has 1 saturated carbocycles. The highest BCUT2D eigenvalue weighted by Crippen LogP contribution is 2.33. The number of rotatable bonds is 5. The van der Waals surface area contributed by atoms with Crippen molar-refractivity contribution in [1.82, 2.24) is 15.1 Å². The summed E-state index contributed by atoms with van der Waals surface area (Å²) < 4.78 is 5.19. The fraction of sp³-hybridized carbons (Fsp3) is 0.526. The van der Waals surface area contributed by atoms with Crippen LogP contribution in [0.5, 0.6) is 5.75 Å². The third-order valence-corrected chi connectivity index (χ3v) is 5.23. The zero-order valence-corrected chi connectivity index (χ0v) is 15.3. The summed E-state index contributed by atoms with van der Waals surface area (Å²) in [6, 6.07) is 6.99. The Hall–Kier alpha value is -2.57. The molecule has 3 rings (SSSR count). The minimum absolute atomic E-state index is 0.229. The number of urea groups is 1. The molecule has 1 aromatic carbocycles. The average molecular weight is 359 g/mol. The lowest BCUT2D eigenvalue weighted by Crippen LogP contribution is -2.49. The monoisotopic (exact) mass is 359 g/mol. The predicted octanol–water partition coefficient (Wildman–Crippen LogP) is 1.91. The number of imide groups is 1. The number of amides is 4. The minimum atomic E-state index is -0.791. The zero-order valence-electron chi connectivity index (χ0n) is 15.3. The van der Waals surface area contributed by atoms with Crippen LogP contribution >= 0.6 is 0 Å². The molecule has 7 heteroatoms. The van der Waals surface area contributed by atoms with E-state index in [9.17, 15) is 14.4 Å². The van der Waals surface area contributed by atoms with E-state index in [0.29, 0.717) is 19.4 Å². The normalized spacial score (nSPS) is 18.8. The Kier molecular flexibility index (Phi) is 5.15. The quantitative estimate of drug-likeness (QED) is 0.815. The van der Waals surface area contributed by atoms with Crippen LogP contribution in [0.25, 0.3) is 0 Å². The average Bonchev–Trinajstić information content (AvgIpc) is 2.86. The summed E-state index contributed by atoms with van der Waals surface area (Å²) in [4.78, 5) is 40.1. The van der Waals surface area contributed by atoms with Gasteiger partial charge < -0.3 is 15.0 Å². The van der Waals surface area contributed by atoms with Crippen molar-refractivity contribution in [2.45, 2.75) is 44.2 Å². The lowest BCUT2D eigenvalue weighted by Gasteiger charge is -2.30. The standard InChI is InChI=1S/C19H25N3O4/c1-21(12-14-7-6-8-15(11-14)26-2)16(23)13-22-17(24)19(20-18(22)25)9-4-3-5-10-19/h6-8,11H,3-5,9-10,12-13H2,1-2H3,(H,20,25). The first-order valence-corrected chi connectivity index (χ1v) is 8.96. The van der Waals surface area contributed by atoms with Gasteiger partial charge in [0.05, 0.1) is 7.11 Å². The fourth-order valence-corrected chi connectivity index (χ4v) is 3.70. The second-order valence-electron chi connectivity index (χ2n) is 7.07. The van der Waals surface area contributed by atoms with Gasteiger partial charge in [0.15, 0.2) is 0 Å². The number of hydrogen-bond donors (Lipinski definition) is 1. The van der Waals surface area contributed by atoms with Crippen molar-refractivity contribution in [3.8, 4) is 5.75 Å². The van der Waals surface area contributed by atoms with Crippen molar-refractivity contribution in [3.05, 3.63) is 29.8 Å². The first kappa shape index (κ1) is 18.2. The molecule has 1 heterocycles. The van der Waals surface area contributed by atoms with Crippen LogP contribution in [0.1, 0.15) is 37.7 Å². The molecule has 0 radical (unpaired) electrons. The fourth-order valence-electron chi connectivity index (χ4n) is 3.70. The van der Waals surface area contributed by atoms with Gasteiger partial charge in [0.1, 0.15) is 17.8 Å². The molecule has 1 saturated heterocycles. The van der Waals surface area contributed by atoms with E-state index in [4.69, 9.17) is 4.74 Å². The number of benzene rings is 1. The SMILES string of the molecule is COc1cccc(CN(C)C(=O)CN2C(=O)NC3(CCCCC3)C2=O)c1.